The van der Waals surface area contributed by atoms with Crippen molar-refractivity contribution in [3.05, 3.63) is 72.9 Å². The molecular weight excluding hydrogens is 834 g/mol. The maximum absolute atomic E-state index is 12.6. The molecule has 0 amide bonds. The van der Waals surface area contributed by atoms with E-state index in [0.29, 0.717) is 6.42 Å². The number of rotatable bonds is 49. The molecule has 0 aliphatic heterocycles. The van der Waals surface area contributed by atoms with Gasteiger partial charge in [0.2, 0.25) is 0 Å². The van der Waals surface area contributed by atoms with Crippen LogP contribution in [0.4, 0.5) is 0 Å². The van der Waals surface area contributed by atoms with Crippen molar-refractivity contribution in [1.29, 1.82) is 0 Å². The van der Waals surface area contributed by atoms with Crippen molar-refractivity contribution >= 4 is 19.8 Å². The first-order chi connectivity index (χ1) is 31.8. The fourth-order valence-corrected chi connectivity index (χ4v) is 7.99. The lowest BCUT2D eigenvalue weighted by Gasteiger charge is -2.19. The van der Waals surface area contributed by atoms with Crippen LogP contribution >= 0.6 is 7.82 Å². The van der Waals surface area contributed by atoms with Gasteiger partial charge in [0, 0.05) is 19.4 Å². The van der Waals surface area contributed by atoms with Gasteiger partial charge in [-0.1, -0.05) is 228 Å². The predicted molar refractivity (Wildman–Crippen MR) is 275 cm³/mol. The molecule has 10 heteroatoms. The summed E-state index contributed by atoms with van der Waals surface area (Å²) in [6.07, 6.45) is 63.8. The van der Waals surface area contributed by atoms with Gasteiger partial charge in [-0.3, -0.25) is 18.6 Å². The Morgan fingerprint density at radius 3 is 1.26 bits per heavy atom. The Bertz CT molecular complexity index is 1290. The van der Waals surface area contributed by atoms with Crippen molar-refractivity contribution in [2.75, 3.05) is 26.4 Å². The van der Waals surface area contributed by atoms with Gasteiger partial charge in [0.05, 0.1) is 13.2 Å². The van der Waals surface area contributed by atoms with Crippen LogP contribution in [-0.4, -0.2) is 49.3 Å². The largest absolute Gasteiger partial charge is 0.472 e. The fraction of sp³-hybridized carbons (Fsp3) is 0.745. The van der Waals surface area contributed by atoms with Crippen molar-refractivity contribution in [3.63, 3.8) is 0 Å². The third-order valence-corrected chi connectivity index (χ3v) is 12.1. The predicted octanol–water partition coefficient (Wildman–Crippen LogP) is 16.2. The Labute approximate surface area is 399 Å². The summed E-state index contributed by atoms with van der Waals surface area (Å²) in [4.78, 5) is 35.1. The molecule has 0 aliphatic rings. The maximum atomic E-state index is 12.6. The molecule has 3 N–H and O–H groups in total. The first-order valence-electron chi connectivity index (χ1n) is 26.4. The zero-order valence-electron chi connectivity index (χ0n) is 41.7. The minimum absolute atomic E-state index is 0.0437. The Morgan fingerprint density at radius 1 is 0.477 bits per heavy atom. The number of hydrogen-bond acceptors (Lipinski definition) is 8. The number of phosphoric acid groups is 1. The average molecular weight is 932 g/mol. The topological polar surface area (TPSA) is 134 Å². The second kappa shape index (κ2) is 50.9. The first-order valence-corrected chi connectivity index (χ1v) is 27.9. The molecule has 0 heterocycles. The van der Waals surface area contributed by atoms with Gasteiger partial charge in [0.1, 0.15) is 6.61 Å². The zero-order valence-corrected chi connectivity index (χ0v) is 42.6. The SMILES string of the molecule is CC/C=C\C/C=C\C/C=C\C/C=C\C/C=C\C/C=C\CCCCC(=O)OC(COC(=O)CCCCCCCCCCCCCCCCCCCCCCCCC)COP(=O)(O)OCCN. The van der Waals surface area contributed by atoms with E-state index in [9.17, 15) is 19.0 Å². The average Bonchev–Trinajstić information content (AvgIpc) is 3.30. The molecule has 0 aliphatic carbocycles. The highest BCUT2D eigenvalue weighted by Crippen LogP contribution is 2.43. The Morgan fingerprint density at radius 2 is 0.846 bits per heavy atom. The lowest BCUT2D eigenvalue weighted by atomic mass is 10.0. The summed E-state index contributed by atoms with van der Waals surface area (Å²) >= 11 is 0. The zero-order chi connectivity index (χ0) is 47.4. The van der Waals surface area contributed by atoms with Crippen LogP contribution in [0.5, 0.6) is 0 Å². The fourth-order valence-electron chi connectivity index (χ4n) is 7.23. The van der Waals surface area contributed by atoms with E-state index >= 15 is 0 Å². The smallest absolute Gasteiger partial charge is 0.462 e. The van der Waals surface area contributed by atoms with Gasteiger partial charge >= 0.3 is 19.8 Å². The van der Waals surface area contributed by atoms with Crippen molar-refractivity contribution < 1.29 is 37.6 Å². The highest BCUT2D eigenvalue weighted by molar-refractivity contribution is 7.47. The van der Waals surface area contributed by atoms with E-state index in [1.165, 1.54) is 128 Å². The minimum Gasteiger partial charge on any atom is -0.462 e. The molecule has 0 radical (unpaired) electrons. The minimum atomic E-state index is -4.40. The molecule has 0 bridgehead atoms. The number of hydrogen-bond donors (Lipinski definition) is 2. The number of allylic oxidation sites excluding steroid dienone is 12. The van der Waals surface area contributed by atoms with Crippen LogP contribution in [0.2, 0.25) is 0 Å². The summed E-state index contributed by atoms with van der Waals surface area (Å²) in [5.74, 6) is -0.875. The van der Waals surface area contributed by atoms with Gasteiger partial charge in [0.25, 0.3) is 0 Å². The van der Waals surface area contributed by atoms with Crippen LogP contribution in [0, 0.1) is 0 Å². The maximum Gasteiger partial charge on any atom is 0.472 e. The van der Waals surface area contributed by atoms with Crippen molar-refractivity contribution in [3.8, 4) is 0 Å². The summed E-state index contributed by atoms with van der Waals surface area (Å²) in [5.41, 5.74) is 5.37. The molecule has 0 aromatic heterocycles. The van der Waals surface area contributed by atoms with Gasteiger partial charge in [-0.25, -0.2) is 4.57 Å². The Hall–Kier alpha value is -2.55. The van der Waals surface area contributed by atoms with E-state index in [-0.39, 0.29) is 32.6 Å². The first kappa shape index (κ1) is 62.4. The molecule has 0 aromatic rings. The van der Waals surface area contributed by atoms with Crippen LogP contribution in [0.25, 0.3) is 0 Å². The summed E-state index contributed by atoms with van der Waals surface area (Å²) in [7, 11) is -4.40. The summed E-state index contributed by atoms with van der Waals surface area (Å²) < 4.78 is 32.9. The third-order valence-electron chi connectivity index (χ3n) is 11.1. The second-order valence-electron chi connectivity index (χ2n) is 17.4. The monoisotopic (exact) mass is 932 g/mol. The third kappa shape index (κ3) is 50.7. The number of unbranched alkanes of at least 4 members (excludes halogenated alkanes) is 24. The quantitative estimate of drug-likeness (QED) is 0.0265. The molecule has 0 rings (SSSR count). The number of carbonyl (C=O) groups is 2. The molecule has 0 saturated heterocycles. The molecule has 0 spiro atoms. The lowest BCUT2D eigenvalue weighted by Crippen LogP contribution is -2.29. The molecule has 9 nitrogen and oxygen atoms in total. The van der Waals surface area contributed by atoms with Gasteiger partial charge in [-0.05, 0) is 64.2 Å². The normalized spacial score (nSPS) is 13.7. The number of carbonyl (C=O) groups excluding carboxylic acids is 2. The summed E-state index contributed by atoms with van der Waals surface area (Å²) in [6.45, 7) is 3.60. The van der Waals surface area contributed by atoms with Crippen LogP contribution in [0.1, 0.15) is 232 Å². The molecule has 2 unspecified atom stereocenters. The van der Waals surface area contributed by atoms with Gasteiger partial charge in [0.15, 0.2) is 6.10 Å². The van der Waals surface area contributed by atoms with Crippen LogP contribution in [0.15, 0.2) is 72.9 Å². The highest BCUT2D eigenvalue weighted by atomic mass is 31.2. The van der Waals surface area contributed by atoms with Crippen LogP contribution in [0.3, 0.4) is 0 Å². The molecule has 0 aromatic carbocycles. The standard InChI is InChI=1S/C55H98NO8P/c1-3-5-7-9-11-13-15-17-19-21-23-25-26-28-29-31-33-35-37-39-41-43-45-47-54(57)61-51-53(52-63-65(59,60)62-50-49-56)64-55(58)48-46-44-42-40-38-36-34-32-30-27-24-22-20-18-16-14-12-10-8-6-4-2/h6,8,12,14,18,20,24,27,32,34,38,40,53H,3-5,7,9-11,13,15-17,19,21-23,25-26,28-31,33,35-37,39,41-52,56H2,1-2H3,(H,59,60)/b8-6-,14-12-,20-18-,27-24-,34-32-,40-38-. The lowest BCUT2D eigenvalue weighted by molar-refractivity contribution is -0.161. The van der Waals surface area contributed by atoms with E-state index in [0.717, 1.165) is 70.6 Å². The molecule has 2 atom stereocenters. The second-order valence-corrected chi connectivity index (χ2v) is 18.8. The van der Waals surface area contributed by atoms with Gasteiger partial charge < -0.3 is 20.1 Å². The molecule has 65 heavy (non-hydrogen) atoms. The van der Waals surface area contributed by atoms with E-state index in [1.54, 1.807) is 0 Å². The van der Waals surface area contributed by atoms with Crippen LogP contribution < -0.4 is 5.73 Å². The Kier molecular flexibility index (Phi) is 48.9. The van der Waals surface area contributed by atoms with Crippen molar-refractivity contribution in [1.82, 2.24) is 0 Å². The number of nitrogens with two attached hydrogens (primary N) is 1. The van der Waals surface area contributed by atoms with E-state index in [2.05, 4.69) is 86.8 Å². The van der Waals surface area contributed by atoms with E-state index < -0.39 is 32.5 Å². The molecule has 0 saturated carbocycles. The number of ether oxygens (including phenoxy) is 2. The van der Waals surface area contributed by atoms with Crippen molar-refractivity contribution in [2.24, 2.45) is 5.73 Å². The molecule has 376 valence electrons. The Balaban J connectivity index is 4.09. The number of esters is 2. The molecule has 0 fully saturated rings. The molecular formula is C55H98NO8P. The van der Waals surface area contributed by atoms with Crippen molar-refractivity contribution in [2.45, 2.75) is 238 Å². The summed E-state index contributed by atoms with van der Waals surface area (Å²) in [5, 5.41) is 0. The highest BCUT2D eigenvalue weighted by Gasteiger charge is 2.26. The van der Waals surface area contributed by atoms with Crippen LogP contribution in [-0.2, 0) is 32.7 Å². The number of phosphoric ester groups is 1. The van der Waals surface area contributed by atoms with E-state index in [4.69, 9.17) is 24.3 Å². The summed E-state index contributed by atoms with van der Waals surface area (Å²) in [6, 6.07) is 0. The van der Waals surface area contributed by atoms with Gasteiger partial charge in [-0.15, -0.1) is 0 Å². The van der Waals surface area contributed by atoms with Gasteiger partial charge in [-0.2, -0.15) is 0 Å². The van der Waals surface area contributed by atoms with E-state index in [1.807, 2.05) is 0 Å².